The Morgan fingerprint density at radius 3 is 2.67 bits per heavy atom. The van der Waals surface area contributed by atoms with E-state index in [9.17, 15) is 4.79 Å². The molecule has 5 nitrogen and oxygen atoms in total. The Kier molecular flexibility index (Phi) is 6.61. The van der Waals surface area contributed by atoms with Crippen LogP contribution in [0.1, 0.15) is 18.1 Å². The number of aromatic nitrogens is 3. The lowest BCUT2D eigenvalue weighted by Crippen LogP contribution is -2.14. The molecule has 0 aliphatic rings. The average Bonchev–Trinajstić information content (AvgIpc) is 3.42. The number of hydrogen-bond donors (Lipinski definition) is 1. The molecule has 30 heavy (non-hydrogen) atoms. The molecule has 0 saturated heterocycles. The topological polar surface area (TPSA) is 59.8 Å². The molecule has 152 valence electrons. The van der Waals surface area contributed by atoms with Crippen LogP contribution in [0, 0.1) is 0 Å². The Morgan fingerprint density at radius 1 is 1.10 bits per heavy atom. The summed E-state index contributed by atoms with van der Waals surface area (Å²) in [6, 6.07) is 18.6. The Hall–Kier alpha value is -2.90. The van der Waals surface area contributed by atoms with E-state index in [1.54, 1.807) is 6.20 Å². The number of rotatable bonds is 8. The number of carbonyl (C=O) groups excluding carboxylic acids is 1. The van der Waals surface area contributed by atoms with E-state index in [0.717, 1.165) is 29.4 Å². The van der Waals surface area contributed by atoms with E-state index in [-0.39, 0.29) is 11.7 Å². The molecule has 0 atom stereocenters. The number of thioether (sulfide) groups is 1. The summed E-state index contributed by atoms with van der Waals surface area (Å²) in [5.74, 6) is 0.197. The summed E-state index contributed by atoms with van der Waals surface area (Å²) in [6.07, 6.45) is 4.71. The number of carbonyl (C=O) groups is 1. The average molecular weight is 435 g/mol. The van der Waals surface area contributed by atoms with Gasteiger partial charge >= 0.3 is 0 Å². The molecule has 0 radical (unpaired) electrons. The highest BCUT2D eigenvalue weighted by atomic mass is 32.2. The molecule has 7 heteroatoms. The van der Waals surface area contributed by atoms with Crippen molar-refractivity contribution in [2.24, 2.45) is 0 Å². The van der Waals surface area contributed by atoms with Crippen LogP contribution in [-0.2, 0) is 17.8 Å². The molecule has 0 unspecified atom stereocenters. The zero-order valence-corrected chi connectivity index (χ0v) is 18.2. The number of amides is 1. The molecule has 4 aromatic rings. The molecule has 4 rings (SSSR count). The van der Waals surface area contributed by atoms with Gasteiger partial charge in [-0.3, -0.25) is 4.79 Å². The predicted octanol–water partition coefficient (Wildman–Crippen LogP) is 5.35. The summed E-state index contributed by atoms with van der Waals surface area (Å²) in [4.78, 5) is 21.3. The van der Waals surface area contributed by atoms with Gasteiger partial charge in [-0.1, -0.05) is 73.3 Å². The van der Waals surface area contributed by atoms with Crippen molar-refractivity contribution in [1.29, 1.82) is 0 Å². The van der Waals surface area contributed by atoms with Crippen molar-refractivity contribution < 1.29 is 4.79 Å². The van der Waals surface area contributed by atoms with E-state index in [4.69, 9.17) is 0 Å². The van der Waals surface area contributed by atoms with Crippen LogP contribution in [0.5, 0.6) is 0 Å². The van der Waals surface area contributed by atoms with E-state index in [1.807, 2.05) is 29.8 Å². The lowest BCUT2D eigenvalue weighted by atomic mass is 10.1. The van der Waals surface area contributed by atoms with Crippen LogP contribution >= 0.6 is 23.1 Å². The first-order valence-corrected chi connectivity index (χ1v) is 11.6. The number of aryl methyl sites for hydroxylation is 1. The Balaban J connectivity index is 1.33. The minimum atomic E-state index is -0.0866. The molecule has 0 aliphatic carbocycles. The van der Waals surface area contributed by atoms with Gasteiger partial charge in [0.05, 0.1) is 11.4 Å². The molecule has 0 aliphatic heterocycles. The number of nitrogens with one attached hydrogen (secondary N) is 1. The minimum Gasteiger partial charge on any atom is -0.322 e. The predicted molar refractivity (Wildman–Crippen MR) is 124 cm³/mol. The van der Waals surface area contributed by atoms with E-state index in [0.29, 0.717) is 5.13 Å². The van der Waals surface area contributed by atoms with Gasteiger partial charge in [0.1, 0.15) is 0 Å². The van der Waals surface area contributed by atoms with Gasteiger partial charge in [0.2, 0.25) is 5.91 Å². The van der Waals surface area contributed by atoms with Gasteiger partial charge in [0.25, 0.3) is 0 Å². The van der Waals surface area contributed by atoms with Crippen LogP contribution in [0.25, 0.3) is 11.3 Å². The Labute approximate surface area is 184 Å². The summed E-state index contributed by atoms with van der Waals surface area (Å²) in [6.45, 7) is 2.87. The largest absolute Gasteiger partial charge is 0.322 e. The van der Waals surface area contributed by atoms with Crippen LogP contribution in [0.15, 0.2) is 77.5 Å². The molecular weight excluding hydrogens is 412 g/mol. The van der Waals surface area contributed by atoms with Gasteiger partial charge in [-0.2, -0.15) is 0 Å². The van der Waals surface area contributed by atoms with Crippen LogP contribution in [-0.4, -0.2) is 26.2 Å². The maximum atomic E-state index is 12.4. The Morgan fingerprint density at radius 2 is 1.90 bits per heavy atom. The van der Waals surface area contributed by atoms with Gasteiger partial charge in [-0.25, -0.2) is 9.97 Å². The third-order valence-corrected chi connectivity index (χ3v) is 6.38. The van der Waals surface area contributed by atoms with Crippen molar-refractivity contribution in [3.63, 3.8) is 0 Å². The van der Waals surface area contributed by atoms with Crippen LogP contribution in [0.3, 0.4) is 0 Å². The lowest BCUT2D eigenvalue weighted by Gasteiger charge is -2.07. The molecule has 0 bridgehead atoms. The highest BCUT2D eigenvalue weighted by molar-refractivity contribution is 7.99. The maximum absolute atomic E-state index is 12.4. The highest BCUT2D eigenvalue weighted by Gasteiger charge is 2.11. The standard InChI is InChI=1S/C23H22N4OS2/c1-2-17-8-10-19(11-9-17)20-15-29-22(25-20)26-21(28)16-30-23-24-12-13-27(23)14-18-6-4-3-5-7-18/h3-13,15H,2,14,16H2,1H3,(H,25,26,28). The first-order valence-electron chi connectivity index (χ1n) is 9.74. The van der Waals surface area contributed by atoms with Crippen molar-refractivity contribution in [3.8, 4) is 11.3 Å². The summed E-state index contributed by atoms with van der Waals surface area (Å²) in [5.41, 5.74) is 4.43. The quantitative estimate of drug-likeness (QED) is 0.380. The van der Waals surface area contributed by atoms with Crippen molar-refractivity contribution >= 4 is 34.1 Å². The fourth-order valence-corrected chi connectivity index (χ4v) is 4.49. The lowest BCUT2D eigenvalue weighted by molar-refractivity contribution is -0.113. The second-order valence-corrected chi connectivity index (χ2v) is 8.55. The zero-order chi connectivity index (χ0) is 20.8. The summed E-state index contributed by atoms with van der Waals surface area (Å²) in [7, 11) is 0. The summed E-state index contributed by atoms with van der Waals surface area (Å²) < 4.78 is 2.05. The van der Waals surface area contributed by atoms with Crippen molar-refractivity contribution in [2.45, 2.75) is 25.0 Å². The minimum absolute atomic E-state index is 0.0866. The Bertz CT molecular complexity index is 1100. The molecule has 2 aromatic heterocycles. The number of thiazole rings is 1. The maximum Gasteiger partial charge on any atom is 0.236 e. The fraction of sp³-hybridized carbons (Fsp3) is 0.174. The van der Waals surface area contributed by atoms with E-state index < -0.39 is 0 Å². The fourth-order valence-electron chi connectivity index (χ4n) is 3.00. The number of imidazole rings is 1. The number of anilines is 1. The number of hydrogen-bond acceptors (Lipinski definition) is 5. The van der Waals surface area contributed by atoms with Crippen molar-refractivity contribution in [1.82, 2.24) is 14.5 Å². The first-order chi connectivity index (χ1) is 14.7. The van der Waals surface area contributed by atoms with Crippen LogP contribution in [0.2, 0.25) is 0 Å². The summed E-state index contributed by atoms with van der Waals surface area (Å²) >= 11 is 2.86. The van der Waals surface area contributed by atoms with Crippen LogP contribution in [0.4, 0.5) is 5.13 Å². The molecule has 1 amide bonds. The van der Waals surface area contributed by atoms with E-state index >= 15 is 0 Å². The normalized spacial score (nSPS) is 10.8. The van der Waals surface area contributed by atoms with E-state index in [1.165, 1.54) is 34.2 Å². The smallest absolute Gasteiger partial charge is 0.236 e. The van der Waals surface area contributed by atoms with Gasteiger partial charge in [0, 0.05) is 29.9 Å². The highest BCUT2D eigenvalue weighted by Crippen LogP contribution is 2.26. The van der Waals surface area contributed by atoms with Gasteiger partial charge in [-0.05, 0) is 17.5 Å². The zero-order valence-electron chi connectivity index (χ0n) is 16.6. The molecule has 1 N–H and O–H groups in total. The first kappa shape index (κ1) is 20.4. The third-order valence-electron chi connectivity index (χ3n) is 4.61. The van der Waals surface area contributed by atoms with Crippen LogP contribution < -0.4 is 5.32 Å². The second-order valence-electron chi connectivity index (χ2n) is 6.75. The molecule has 0 spiro atoms. The summed E-state index contributed by atoms with van der Waals surface area (Å²) in [5, 5.41) is 6.30. The molecular formula is C23H22N4OS2. The molecule has 0 fully saturated rings. The molecule has 2 heterocycles. The monoisotopic (exact) mass is 434 g/mol. The third kappa shape index (κ3) is 5.17. The number of benzene rings is 2. The van der Waals surface area contributed by atoms with E-state index in [2.05, 4.69) is 63.2 Å². The van der Waals surface area contributed by atoms with Gasteiger partial charge in [0.15, 0.2) is 10.3 Å². The molecule has 0 saturated carbocycles. The SMILES string of the molecule is CCc1ccc(-c2csc(NC(=O)CSc3nccn3Cc3ccccc3)n2)cc1. The van der Waals surface area contributed by atoms with Gasteiger partial charge < -0.3 is 9.88 Å². The van der Waals surface area contributed by atoms with Crippen molar-refractivity contribution in [2.75, 3.05) is 11.1 Å². The number of nitrogens with zero attached hydrogens (tertiary/aromatic N) is 3. The molecule has 2 aromatic carbocycles. The van der Waals surface area contributed by atoms with Crippen molar-refractivity contribution in [3.05, 3.63) is 83.5 Å². The second kappa shape index (κ2) is 9.73. The van der Waals surface area contributed by atoms with Gasteiger partial charge in [-0.15, -0.1) is 11.3 Å².